The van der Waals surface area contributed by atoms with Crippen LogP contribution in [0.2, 0.25) is 0 Å². The minimum Gasteiger partial charge on any atom is -0.198 e. The summed E-state index contributed by atoms with van der Waals surface area (Å²) in [6, 6.07) is 9.07. The van der Waals surface area contributed by atoms with Gasteiger partial charge in [-0.3, -0.25) is 0 Å². The summed E-state index contributed by atoms with van der Waals surface area (Å²) >= 11 is 0. The Labute approximate surface area is 587 Å². The van der Waals surface area contributed by atoms with Gasteiger partial charge in [-0.05, 0) is 263 Å². The number of hydrogen-bond acceptors (Lipinski definition) is 4. The molecule has 8 rings (SSSR count). The lowest BCUT2D eigenvalue weighted by atomic mass is 9.65. The lowest BCUT2D eigenvalue weighted by Gasteiger charge is -2.40. The SMILES string of the molecule is C=C1CCCC(C)(C)C1C.C=C1CCCC(C)(C)C1C#N.CC(C)=CCC/C(C)=C/C#N.CC1=C(C#N)C(C)(C)CCC1.CC1=C(C)C(C)(C)CCC1.CC1=CCCC(C)(C)C1C.CC1=CCCC(C)(C)C1C#N.C[C@@H]1[C@@H](C)CCCC1(C)C.C[C@H]1CCCC(C)(C)[C@H]1C. The summed E-state index contributed by atoms with van der Waals surface area (Å²) in [4.78, 5) is 0. The topological polar surface area (TPSA) is 95.2 Å². The van der Waals surface area contributed by atoms with Gasteiger partial charge in [0.05, 0.1) is 36.1 Å². The molecule has 0 N–H and O–H groups in total. The molecule has 0 bridgehead atoms. The van der Waals surface area contributed by atoms with E-state index in [1.54, 1.807) is 22.8 Å². The average Bonchev–Trinajstić information content (AvgIpc) is 0.932. The van der Waals surface area contributed by atoms with Crippen LogP contribution >= 0.6 is 0 Å². The second kappa shape index (κ2) is 40.7. The minimum atomic E-state index is 0.0799. The van der Waals surface area contributed by atoms with Gasteiger partial charge in [-0.25, -0.2) is 0 Å². The van der Waals surface area contributed by atoms with Gasteiger partial charge >= 0.3 is 0 Å². The van der Waals surface area contributed by atoms with E-state index in [1.165, 1.54) is 125 Å². The summed E-state index contributed by atoms with van der Waals surface area (Å²) in [5, 5.41) is 35.0. The van der Waals surface area contributed by atoms with E-state index < -0.39 is 0 Å². The van der Waals surface area contributed by atoms with Crippen LogP contribution in [-0.2, 0) is 0 Å². The molecule has 4 unspecified atom stereocenters. The molecule has 534 valence electrons. The van der Waals surface area contributed by atoms with E-state index in [0.717, 1.165) is 104 Å². The van der Waals surface area contributed by atoms with Crippen molar-refractivity contribution >= 4 is 0 Å². The van der Waals surface area contributed by atoms with Crippen molar-refractivity contribution in [3.8, 4) is 24.3 Å². The Kier molecular flexibility index (Phi) is 38.9. The summed E-state index contributed by atoms with van der Waals surface area (Å²) < 4.78 is 0. The van der Waals surface area contributed by atoms with Gasteiger partial charge in [0.2, 0.25) is 0 Å². The molecule has 94 heavy (non-hydrogen) atoms. The van der Waals surface area contributed by atoms with Gasteiger partial charge in [0, 0.05) is 11.6 Å². The molecule has 4 nitrogen and oxygen atoms in total. The number of nitriles is 4. The highest BCUT2D eigenvalue weighted by atomic mass is 14.4. The Bertz CT molecular complexity index is 2670. The van der Waals surface area contributed by atoms with Crippen molar-refractivity contribution in [2.24, 2.45) is 90.7 Å². The van der Waals surface area contributed by atoms with Crippen molar-refractivity contribution < 1.29 is 0 Å². The fraction of sp³-hybridized carbons (Fsp3) is 0.778. The number of nitrogens with zero attached hydrogens (tertiary/aromatic N) is 4. The third-order valence-electron chi connectivity index (χ3n) is 25.6. The largest absolute Gasteiger partial charge is 0.198 e. The molecule has 0 aliphatic heterocycles. The first-order valence-corrected chi connectivity index (χ1v) is 38.0. The maximum Gasteiger partial charge on any atom is 0.0952 e. The van der Waals surface area contributed by atoms with Crippen molar-refractivity contribution in [2.45, 2.75) is 362 Å². The van der Waals surface area contributed by atoms with Crippen LogP contribution in [0.1, 0.15) is 362 Å². The Morgan fingerprint density at radius 1 is 0.468 bits per heavy atom. The molecule has 4 fully saturated rings. The summed E-state index contributed by atoms with van der Waals surface area (Å²) in [5.74, 6) is 5.45. The third kappa shape index (κ3) is 30.7. The zero-order valence-corrected chi connectivity index (χ0v) is 68.1. The fourth-order valence-corrected chi connectivity index (χ4v) is 15.8. The number of allylic oxidation sites excluding steroid dienone is 14. The van der Waals surface area contributed by atoms with E-state index in [4.69, 9.17) is 21.0 Å². The molecule has 0 heterocycles. The molecular formula is C90H154N4. The predicted molar refractivity (Wildman–Crippen MR) is 416 cm³/mol. The monoisotopic (exact) mass is 1290 g/mol. The Hall–Kier alpha value is -4.12. The maximum absolute atomic E-state index is 8.91. The van der Waals surface area contributed by atoms with E-state index in [-0.39, 0.29) is 28.1 Å². The van der Waals surface area contributed by atoms with Gasteiger partial charge in [-0.2, -0.15) is 21.0 Å². The van der Waals surface area contributed by atoms with Gasteiger partial charge in [-0.1, -0.05) is 260 Å². The normalized spacial score (nSPS) is 28.7. The summed E-state index contributed by atoms with van der Waals surface area (Å²) in [6.07, 6.45) is 38.9. The second-order valence-corrected chi connectivity index (χ2v) is 36.9. The Morgan fingerprint density at radius 2 is 0.872 bits per heavy atom. The molecule has 8 aliphatic carbocycles. The van der Waals surface area contributed by atoms with Gasteiger partial charge in [0.15, 0.2) is 0 Å². The van der Waals surface area contributed by atoms with Gasteiger partial charge in [-0.15, -0.1) is 0 Å². The minimum absolute atomic E-state index is 0.0799. The second-order valence-electron chi connectivity index (χ2n) is 36.9. The molecule has 0 aromatic heterocycles. The van der Waals surface area contributed by atoms with Crippen molar-refractivity contribution in [3.63, 3.8) is 0 Å². The molecule has 0 aromatic carbocycles. The first-order chi connectivity index (χ1) is 43.1. The van der Waals surface area contributed by atoms with Gasteiger partial charge in [0.25, 0.3) is 0 Å². The van der Waals surface area contributed by atoms with Crippen LogP contribution in [0, 0.1) is 136 Å². The Balaban J connectivity index is 0.00000104. The molecule has 0 amide bonds. The van der Waals surface area contributed by atoms with Crippen molar-refractivity contribution in [3.05, 3.63) is 93.2 Å². The zero-order chi connectivity index (χ0) is 73.0. The van der Waals surface area contributed by atoms with E-state index >= 15 is 0 Å². The molecule has 8 atom stereocenters. The molecule has 0 radical (unpaired) electrons. The molecule has 8 aliphatic rings. The smallest absolute Gasteiger partial charge is 0.0952 e. The van der Waals surface area contributed by atoms with Gasteiger partial charge < -0.3 is 0 Å². The maximum atomic E-state index is 8.91. The van der Waals surface area contributed by atoms with E-state index in [1.807, 2.05) is 13.0 Å². The molecule has 4 heteroatoms. The highest BCUT2D eigenvalue weighted by Crippen LogP contribution is 2.47. The van der Waals surface area contributed by atoms with E-state index in [0.29, 0.717) is 27.1 Å². The van der Waals surface area contributed by atoms with Gasteiger partial charge in [0.1, 0.15) is 0 Å². The number of hydrogen-bond donors (Lipinski definition) is 0. The van der Waals surface area contributed by atoms with Crippen LogP contribution in [0.15, 0.2) is 93.2 Å². The van der Waals surface area contributed by atoms with Crippen LogP contribution < -0.4 is 0 Å². The zero-order valence-electron chi connectivity index (χ0n) is 68.1. The highest BCUT2D eigenvalue weighted by Gasteiger charge is 2.37. The third-order valence-corrected chi connectivity index (χ3v) is 25.6. The standard InChI is InChI=1S/4C10H15N.2C10H20.3C10H18/c3*1-8-5-4-6-10(2,3)9(8)7-11;1-9(2)5-4-6-10(3)7-8-11;5*1-8-6-5-7-10(3,4)9(8)2/h4-6H2,1-3H3;5,9H,4,6H2,1-3H3;9H,1,4-6H2,2-3H3;5,7H,4,6H2,1-3H3;2*8-9H,5-7H2,1-4H3;5-7H2,1-4H3;6,9H,5,7H2,1-4H3;9H,1,5-7H2,2-4H3/b;;;10-7+;;;;;/t;;;;8-,9+;8-,9-;;;/m....00.../s1. The molecular weight excluding hydrogens is 1140 g/mol. The lowest BCUT2D eigenvalue weighted by Crippen LogP contribution is -2.31. The molecule has 4 saturated carbocycles. The first-order valence-electron chi connectivity index (χ1n) is 38.0. The lowest BCUT2D eigenvalue weighted by molar-refractivity contribution is 0.0995. The summed E-state index contributed by atoms with van der Waals surface area (Å²) in [7, 11) is 0. The van der Waals surface area contributed by atoms with Crippen molar-refractivity contribution in [1.29, 1.82) is 21.0 Å². The Morgan fingerprint density at radius 3 is 1.19 bits per heavy atom. The van der Waals surface area contributed by atoms with Crippen LogP contribution in [0.3, 0.4) is 0 Å². The summed E-state index contributed by atoms with van der Waals surface area (Å²) in [5.41, 5.74) is 16.7. The quantitative estimate of drug-likeness (QED) is 0.208. The predicted octanol–water partition coefficient (Wildman–Crippen LogP) is 29.3. The van der Waals surface area contributed by atoms with Crippen LogP contribution in [-0.4, -0.2) is 0 Å². The van der Waals surface area contributed by atoms with Crippen molar-refractivity contribution in [2.75, 3.05) is 0 Å². The van der Waals surface area contributed by atoms with Crippen molar-refractivity contribution in [1.82, 2.24) is 0 Å². The summed E-state index contributed by atoms with van der Waals surface area (Å²) in [6.45, 7) is 76.2. The fourth-order valence-electron chi connectivity index (χ4n) is 15.8. The highest BCUT2D eigenvalue weighted by molar-refractivity contribution is 5.34. The number of rotatable bonds is 3. The van der Waals surface area contributed by atoms with E-state index in [9.17, 15) is 0 Å². The average molecular weight is 1290 g/mol. The molecule has 0 spiro atoms. The molecule has 0 aromatic rings. The van der Waals surface area contributed by atoms with E-state index in [2.05, 4.69) is 250 Å². The molecule has 0 saturated heterocycles. The van der Waals surface area contributed by atoms with Crippen LogP contribution in [0.25, 0.3) is 0 Å². The first kappa shape index (κ1) is 89.9. The van der Waals surface area contributed by atoms with Crippen LogP contribution in [0.5, 0.6) is 0 Å². The van der Waals surface area contributed by atoms with Crippen LogP contribution in [0.4, 0.5) is 0 Å².